The van der Waals surface area contributed by atoms with Gasteiger partial charge in [0.05, 0.1) is 0 Å². The van der Waals surface area contributed by atoms with Crippen molar-refractivity contribution >= 4 is 5.78 Å². The standard InChI is InChI=1S/C14H21NO/c1-13(2,3)10-7-8-15-11(9-10)12(16)14(4,5)6/h7-9H,1-6H3. The number of Topliss-reactive ketones (excluding diaryl/α,β-unsaturated/α-hetero) is 1. The van der Waals surface area contributed by atoms with Crippen LogP contribution in [0.2, 0.25) is 0 Å². The van der Waals surface area contributed by atoms with Crippen molar-refractivity contribution in [3.63, 3.8) is 0 Å². The van der Waals surface area contributed by atoms with Crippen LogP contribution in [0.5, 0.6) is 0 Å². The first kappa shape index (κ1) is 12.9. The molecule has 0 atom stereocenters. The largest absolute Gasteiger partial charge is 0.292 e. The Morgan fingerprint density at radius 3 is 2.12 bits per heavy atom. The molecule has 0 bridgehead atoms. The number of ketones is 1. The first-order valence-electron chi connectivity index (χ1n) is 5.64. The lowest BCUT2D eigenvalue weighted by Crippen LogP contribution is -2.22. The van der Waals surface area contributed by atoms with Crippen LogP contribution in [0, 0.1) is 5.41 Å². The van der Waals surface area contributed by atoms with Crippen LogP contribution in [0.15, 0.2) is 18.3 Å². The van der Waals surface area contributed by atoms with Crippen molar-refractivity contribution < 1.29 is 4.79 Å². The molecule has 2 nitrogen and oxygen atoms in total. The molecular formula is C14H21NO. The van der Waals surface area contributed by atoms with Crippen molar-refractivity contribution in [1.82, 2.24) is 4.98 Å². The van der Waals surface area contributed by atoms with Gasteiger partial charge in [-0.15, -0.1) is 0 Å². The summed E-state index contributed by atoms with van der Waals surface area (Å²) in [5, 5.41) is 0. The van der Waals surface area contributed by atoms with Crippen LogP contribution < -0.4 is 0 Å². The van der Waals surface area contributed by atoms with Crippen LogP contribution in [-0.2, 0) is 5.41 Å². The second-order valence-electron chi connectivity index (χ2n) is 6.26. The molecule has 1 heterocycles. The molecule has 0 unspecified atom stereocenters. The van der Waals surface area contributed by atoms with Crippen LogP contribution in [-0.4, -0.2) is 10.8 Å². The lowest BCUT2D eigenvalue weighted by atomic mass is 9.84. The third-order valence-electron chi connectivity index (χ3n) is 2.54. The van der Waals surface area contributed by atoms with E-state index in [0.29, 0.717) is 5.69 Å². The minimum atomic E-state index is -0.372. The quantitative estimate of drug-likeness (QED) is 0.675. The average molecular weight is 219 g/mol. The van der Waals surface area contributed by atoms with E-state index >= 15 is 0 Å². The average Bonchev–Trinajstić information content (AvgIpc) is 2.14. The van der Waals surface area contributed by atoms with Gasteiger partial charge in [0, 0.05) is 11.6 Å². The lowest BCUT2D eigenvalue weighted by Gasteiger charge is -2.21. The normalized spacial score (nSPS) is 12.6. The molecule has 0 N–H and O–H groups in total. The molecule has 0 radical (unpaired) electrons. The second kappa shape index (κ2) is 4.00. The zero-order valence-corrected chi connectivity index (χ0v) is 11.1. The van der Waals surface area contributed by atoms with Crippen molar-refractivity contribution in [1.29, 1.82) is 0 Å². The lowest BCUT2D eigenvalue weighted by molar-refractivity contribution is 0.0852. The van der Waals surface area contributed by atoms with E-state index < -0.39 is 0 Å². The van der Waals surface area contributed by atoms with E-state index in [9.17, 15) is 4.79 Å². The molecule has 0 saturated carbocycles. The molecule has 0 amide bonds. The molecule has 0 aliphatic heterocycles. The van der Waals surface area contributed by atoms with Crippen molar-refractivity contribution in [2.75, 3.05) is 0 Å². The number of hydrogen-bond acceptors (Lipinski definition) is 2. The summed E-state index contributed by atoms with van der Waals surface area (Å²) in [6.07, 6.45) is 1.72. The van der Waals surface area contributed by atoms with Crippen molar-refractivity contribution in [2.24, 2.45) is 5.41 Å². The fourth-order valence-electron chi connectivity index (χ4n) is 1.41. The van der Waals surface area contributed by atoms with Crippen LogP contribution in [0.3, 0.4) is 0 Å². The Balaban J connectivity index is 3.14. The van der Waals surface area contributed by atoms with Crippen LogP contribution in [0.25, 0.3) is 0 Å². The number of carbonyl (C=O) groups is 1. The first-order chi connectivity index (χ1) is 7.12. The maximum absolute atomic E-state index is 12.1. The van der Waals surface area contributed by atoms with E-state index in [1.807, 2.05) is 32.9 Å². The van der Waals surface area contributed by atoms with Gasteiger partial charge in [0.25, 0.3) is 0 Å². The van der Waals surface area contributed by atoms with E-state index in [4.69, 9.17) is 0 Å². The topological polar surface area (TPSA) is 30.0 Å². The summed E-state index contributed by atoms with van der Waals surface area (Å²) in [6, 6.07) is 3.88. The Kier molecular flexibility index (Phi) is 3.22. The highest BCUT2D eigenvalue weighted by molar-refractivity contribution is 5.98. The molecule has 0 spiro atoms. The molecule has 1 aromatic heterocycles. The van der Waals surface area contributed by atoms with Gasteiger partial charge < -0.3 is 0 Å². The van der Waals surface area contributed by atoms with E-state index in [-0.39, 0.29) is 16.6 Å². The van der Waals surface area contributed by atoms with Gasteiger partial charge in [-0.05, 0) is 23.1 Å². The minimum absolute atomic E-state index is 0.0514. The highest BCUT2D eigenvalue weighted by Gasteiger charge is 2.25. The van der Waals surface area contributed by atoms with Gasteiger partial charge in [-0.3, -0.25) is 9.78 Å². The molecule has 16 heavy (non-hydrogen) atoms. The third-order valence-corrected chi connectivity index (χ3v) is 2.54. The van der Waals surface area contributed by atoms with E-state index in [1.54, 1.807) is 6.20 Å². The molecule has 0 aromatic carbocycles. The van der Waals surface area contributed by atoms with Crippen LogP contribution in [0.1, 0.15) is 57.6 Å². The van der Waals surface area contributed by atoms with Gasteiger partial charge in [0.1, 0.15) is 5.69 Å². The summed E-state index contributed by atoms with van der Waals surface area (Å²) in [4.78, 5) is 16.3. The van der Waals surface area contributed by atoms with Crippen molar-refractivity contribution in [2.45, 2.75) is 47.0 Å². The maximum atomic E-state index is 12.1. The fourth-order valence-corrected chi connectivity index (χ4v) is 1.41. The van der Waals surface area contributed by atoms with Gasteiger partial charge in [-0.25, -0.2) is 0 Å². The fraction of sp³-hybridized carbons (Fsp3) is 0.571. The minimum Gasteiger partial charge on any atom is -0.292 e. The van der Waals surface area contributed by atoms with E-state index in [2.05, 4.69) is 25.8 Å². The Labute approximate surface area is 98.1 Å². The Bertz CT molecular complexity index is 394. The summed E-state index contributed by atoms with van der Waals surface area (Å²) in [6.45, 7) is 12.2. The van der Waals surface area contributed by atoms with Gasteiger partial charge in [-0.2, -0.15) is 0 Å². The summed E-state index contributed by atoms with van der Waals surface area (Å²) in [5.41, 5.74) is 1.40. The highest BCUT2D eigenvalue weighted by Crippen LogP contribution is 2.25. The molecule has 0 aliphatic carbocycles. The van der Waals surface area contributed by atoms with E-state index in [0.717, 1.165) is 5.56 Å². The number of pyridine rings is 1. The third kappa shape index (κ3) is 2.91. The molecule has 1 rings (SSSR count). The molecule has 0 saturated heterocycles. The van der Waals surface area contributed by atoms with Crippen molar-refractivity contribution in [3.05, 3.63) is 29.6 Å². The van der Waals surface area contributed by atoms with Gasteiger partial charge in [0.15, 0.2) is 5.78 Å². The molecule has 0 aliphatic rings. The summed E-state index contributed by atoms with van der Waals surface area (Å²) >= 11 is 0. The first-order valence-corrected chi connectivity index (χ1v) is 5.64. The Hall–Kier alpha value is -1.18. The van der Waals surface area contributed by atoms with Gasteiger partial charge in [0.2, 0.25) is 0 Å². The second-order valence-corrected chi connectivity index (χ2v) is 6.26. The summed E-state index contributed by atoms with van der Waals surface area (Å²) in [5.74, 6) is 0.0959. The Morgan fingerprint density at radius 1 is 1.12 bits per heavy atom. The number of aromatic nitrogens is 1. The zero-order valence-electron chi connectivity index (χ0n) is 11.1. The SMILES string of the molecule is CC(C)(C)C(=O)c1cc(C(C)(C)C)ccn1. The van der Waals surface area contributed by atoms with Crippen LogP contribution >= 0.6 is 0 Å². The molecule has 2 heteroatoms. The van der Waals surface area contributed by atoms with E-state index in [1.165, 1.54) is 0 Å². The van der Waals surface area contributed by atoms with Crippen molar-refractivity contribution in [3.8, 4) is 0 Å². The molecular weight excluding hydrogens is 198 g/mol. The smallest absolute Gasteiger partial charge is 0.186 e. The predicted molar refractivity (Wildman–Crippen MR) is 66.7 cm³/mol. The number of nitrogens with zero attached hydrogens (tertiary/aromatic N) is 1. The monoisotopic (exact) mass is 219 g/mol. The molecule has 1 aromatic rings. The van der Waals surface area contributed by atoms with Gasteiger partial charge >= 0.3 is 0 Å². The summed E-state index contributed by atoms with van der Waals surface area (Å²) in [7, 11) is 0. The summed E-state index contributed by atoms with van der Waals surface area (Å²) < 4.78 is 0. The number of hydrogen-bond donors (Lipinski definition) is 0. The predicted octanol–water partition coefficient (Wildman–Crippen LogP) is 3.61. The molecule has 88 valence electrons. The van der Waals surface area contributed by atoms with Gasteiger partial charge in [-0.1, -0.05) is 41.5 Å². The number of rotatable bonds is 1. The van der Waals surface area contributed by atoms with Crippen LogP contribution in [0.4, 0.5) is 0 Å². The highest BCUT2D eigenvalue weighted by atomic mass is 16.1. The Morgan fingerprint density at radius 2 is 1.69 bits per heavy atom. The number of carbonyl (C=O) groups excluding carboxylic acids is 1. The maximum Gasteiger partial charge on any atom is 0.186 e. The molecule has 0 fully saturated rings. The zero-order chi connectivity index (χ0) is 12.6.